The Morgan fingerprint density at radius 3 is 2.45 bits per heavy atom. The van der Waals surface area contributed by atoms with Crippen LogP contribution in [0.3, 0.4) is 0 Å². The Labute approximate surface area is 138 Å². The normalized spacial score (nSPS) is 11.0. The number of hydrogen-bond acceptors (Lipinski definition) is 3. The van der Waals surface area contributed by atoms with Gasteiger partial charge in [-0.05, 0) is 43.2 Å². The fourth-order valence-corrected chi connectivity index (χ4v) is 2.52. The van der Waals surface area contributed by atoms with Crippen LogP contribution in [0.2, 0.25) is 0 Å². The first-order valence-corrected chi connectivity index (χ1v) is 7.71. The Bertz CT molecular complexity index is 743. The number of Topliss-reactive ketones (excluding diaryl/α,β-unsaturated/α-hetero) is 1. The van der Waals surface area contributed by atoms with Gasteiger partial charge < -0.3 is 5.73 Å². The van der Waals surface area contributed by atoms with Crippen LogP contribution in [-0.2, 0) is 11.8 Å². The van der Waals surface area contributed by atoms with Gasteiger partial charge >= 0.3 is 0 Å². The Balaban J connectivity index is 2.19. The topological polar surface area (TPSA) is 66.9 Å². The maximum atomic E-state index is 12.4. The summed E-state index contributed by atoms with van der Waals surface area (Å²) in [4.78, 5) is 12.4. The molecule has 0 fully saturated rings. The second-order valence-corrected chi connectivity index (χ2v) is 6.68. The fraction of sp³-hybridized carbons (Fsp3) is 0.222. The molecule has 0 bridgehead atoms. The van der Waals surface area contributed by atoms with Crippen LogP contribution in [0.1, 0.15) is 35.3 Å². The van der Waals surface area contributed by atoms with Crippen molar-refractivity contribution < 1.29 is 4.79 Å². The van der Waals surface area contributed by atoms with E-state index in [-0.39, 0.29) is 12.2 Å². The second kappa shape index (κ2) is 6.33. The number of nitriles is 1. The van der Waals surface area contributed by atoms with Crippen LogP contribution in [0.5, 0.6) is 0 Å². The molecule has 2 aromatic carbocycles. The SMILES string of the molecule is CC(C)(C#N)c1ccc(CC(=O)c2cc(Br)ccc2N)cc1. The first-order valence-electron chi connectivity index (χ1n) is 6.92. The predicted molar refractivity (Wildman–Crippen MR) is 91.7 cm³/mol. The summed E-state index contributed by atoms with van der Waals surface area (Å²) < 4.78 is 0.830. The molecule has 0 amide bonds. The minimum atomic E-state index is -0.530. The fourth-order valence-electron chi connectivity index (χ4n) is 2.15. The van der Waals surface area contributed by atoms with E-state index in [1.807, 2.05) is 44.2 Å². The molecule has 0 aliphatic rings. The van der Waals surface area contributed by atoms with Crippen LogP contribution in [0, 0.1) is 11.3 Å². The monoisotopic (exact) mass is 356 g/mol. The Morgan fingerprint density at radius 2 is 1.86 bits per heavy atom. The molecule has 0 aliphatic carbocycles. The number of hydrogen-bond donors (Lipinski definition) is 1. The summed E-state index contributed by atoms with van der Waals surface area (Å²) >= 11 is 3.35. The Kier molecular flexibility index (Phi) is 4.68. The van der Waals surface area contributed by atoms with E-state index in [2.05, 4.69) is 22.0 Å². The number of ketones is 1. The summed E-state index contributed by atoms with van der Waals surface area (Å²) in [6, 6.07) is 15.1. The van der Waals surface area contributed by atoms with Crippen molar-refractivity contribution in [2.45, 2.75) is 25.7 Å². The zero-order valence-electron chi connectivity index (χ0n) is 12.6. The van der Waals surface area contributed by atoms with Crippen molar-refractivity contribution in [2.75, 3.05) is 5.73 Å². The molecular formula is C18H17BrN2O. The van der Waals surface area contributed by atoms with Gasteiger partial charge in [-0.15, -0.1) is 0 Å². The minimum Gasteiger partial charge on any atom is -0.398 e. The van der Waals surface area contributed by atoms with Crippen LogP contribution in [0.15, 0.2) is 46.9 Å². The van der Waals surface area contributed by atoms with Crippen molar-refractivity contribution in [1.29, 1.82) is 5.26 Å². The maximum Gasteiger partial charge on any atom is 0.169 e. The van der Waals surface area contributed by atoms with Gasteiger partial charge in [0.1, 0.15) is 0 Å². The number of rotatable bonds is 4. The maximum absolute atomic E-state index is 12.4. The summed E-state index contributed by atoms with van der Waals surface area (Å²) in [5, 5.41) is 9.14. The summed E-state index contributed by atoms with van der Waals surface area (Å²) in [6.07, 6.45) is 0.286. The quantitative estimate of drug-likeness (QED) is 0.657. The lowest BCUT2D eigenvalue weighted by molar-refractivity contribution is 0.0994. The van der Waals surface area contributed by atoms with Gasteiger partial charge in [0.05, 0.1) is 11.5 Å². The number of nitrogen functional groups attached to an aromatic ring is 1. The number of halogens is 1. The first kappa shape index (κ1) is 16.3. The molecule has 2 aromatic rings. The molecule has 0 aliphatic heterocycles. The molecule has 0 heterocycles. The molecule has 0 saturated heterocycles. The molecule has 22 heavy (non-hydrogen) atoms. The van der Waals surface area contributed by atoms with Gasteiger partial charge in [-0.1, -0.05) is 40.2 Å². The van der Waals surface area contributed by atoms with E-state index in [1.165, 1.54) is 0 Å². The van der Waals surface area contributed by atoms with E-state index in [9.17, 15) is 4.79 Å². The molecule has 4 heteroatoms. The van der Waals surface area contributed by atoms with E-state index >= 15 is 0 Å². The summed E-state index contributed by atoms with van der Waals surface area (Å²) in [5.41, 5.74) is 8.18. The molecule has 0 unspecified atom stereocenters. The second-order valence-electron chi connectivity index (χ2n) is 5.77. The predicted octanol–water partition coefficient (Wildman–Crippen LogP) is 4.26. The highest BCUT2D eigenvalue weighted by Gasteiger charge is 2.19. The third kappa shape index (κ3) is 3.55. The van der Waals surface area contributed by atoms with Crippen molar-refractivity contribution in [3.05, 3.63) is 63.6 Å². The van der Waals surface area contributed by atoms with Crippen molar-refractivity contribution >= 4 is 27.4 Å². The molecule has 112 valence electrons. The van der Waals surface area contributed by atoms with Gasteiger partial charge in [0.2, 0.25) is 0 Å². The van der Waals surface area contributed by atoms with E-state index < -0.39 is 5.41 Å². The number of benzene rings is 2. The molecule has 0 aromatic heterocycles. The lowest BCUT2D eigenvalue weighted by Crippen LogP contribution is -2.14. The van der Waals surface area contributed by atoms with Gasteiger partial charge in [-0.3, -0.25) is 4.79 Å². The molecule has 0 radical (unpaired) electrons. The highest BCUT2D eigenvalue weighted by Crippen LogP contribution is 2.24. The third-order valence-electron chi connectivity index (χ3n) is 3.64. The van der Waals surface area contributed by atoms with Crippen molar-refractivity contribution in [3.8, 4) is 6.07 Å². The highest BCUT2D eigenvalue weighted by molar-refractivity contribution is 9.10. The van der Waals surface area contributed by atoms with Crippen LogP contribution >= 0.6 is 15.9 Å². The Hall–Kier alpha value is -2.12. The van der Waals surface area contributed by atoms with E-state index in [0.29, 0.717) is 11.3 Å². The van der Waals surface area contributed by atoms with Crippen molar-refractivity contribution in [2.24, 2.45) is 0 Å². The highest BCUT2D eigenvalue weighted by atomic mass is 79.9. The standard InChI is InChI=1S/C18H17BrN2O/c1-18(2,11-20)13-5-3-12(4-6-13)9-17(22)15-10-14(19)7-8-16(15)21/h3-8,10H,9,21H2,1-2H3. The lowest BCUT2D eigenvalue weighted by atomic mass is 9.85. The third-order valence-corrected chi connectivity index (χ3v) is 4.13. The van der Waals surface area contributed by atoms with Crippen LogP contribution in [-0.4, -0.2) is 5.78 Å². The van der Waals surface area contributed by atoms with Crippen molar-refractivity contribution in [3.63, 3.8) is 0 Å². The lowest BCUT2D eigenvalue weighted by Gasteiger charge is -2.16. The summed E-state index contributed by atoms with van der Waals surface area (Å²) in [6.45, 7) is 3.74. The molecule has 0 atom stereocenters. The van der Waals surface area contributed by atoms with Crippen LogP contribution in [0.25, 0.3) is 0 Å². The Morgan fingerprint density at radius 1 is 1.23 bits per heavy atom. The van der Waals surface area contributed by atoms with Gasteiger partial charge in [0, 0.05) is 22.1 Å². The van der Waals surface area contributed by atoms with Crippen LogP contribution in [0.4, 0.5) is 5.69 Å². The zero-order chi connectivity index (χ0) is 16.3. The van der Waals surface area contributed by atoms with E-state index in [0.717, 1.165) is 15.6 Å². The largest absolute Gasteiger partial charge is 0.398 e. The first-order chi connectivity index (χ1) is 10.3. The van der Waals surface area contributed by atoms with Gasteiger partial charge in [0.15, 0.2) is 5.78 Å². The number of carbonyl (C=O) groups is 1. The zero-order valence-corrected chi connectivity index (χ0v) is 14.1. The molecule has 0 saturated carbocycles. The average Bonchev–Trinajstić information content (AvgIpc) is 2.50. The average molecular weight is 357 g/mol. The minimum absolute atomic E-state index is 0.0221. The van der Waals surface area contributed by atoms with Gasteiger partial charge in [-0.25, -0.2) is 0 Å². The van der Waals surface area contributed by atoms with E-state index in [1.54, 1.807) is 12.1 Å². The smallest absolute Gasteiger partial charge is 0.169 e. The molecule has 0 spiro atoms. The number of carbonyl (C=O) groups excluding carboxylic acids is 1. The van der Waals surface area contributed by atoms with E-state index in [4.69, 9.17) is 11.0 Å². The van der Waals surface area contributed by atoms with Gasteiger partial charge in [0.25, 0.3) is 0 Å². The molecule has 2 rings (SSSR count). The molecular weight excluding hydrogens is 340 g/mol. The summed E-state index contributed by atoms with van der Waals surface area (Å²) in [7, 11) is 0. The number of nitrogens with zero attached hydrogens (tertiary/aromatic N) is 1. The summed E-state index contributed by atoms with van der Waals surface area (Å²) in [5.74, 6) is -0.0221. The van der Waals surface area contributed by atoms with Crippen LogP contribution < -0.4 is 5.73 Å². The number of anilines is 1. The molecule has 3 nitrogen and oxygen atoms in total. The molecule has 2 N–H and O–H groups in total. The number of nitrogens with two attached hydrogens (primary N) is 1. The van der Waals surface area contributed by atoms with Gasteiger partial charge in [-0.2, -0.15) is 5.26 Å². The van der Waals surface area contributed by atoms with Crippen molar-refractivity contribution in [1.82, 2.24) is 0 Å².